The fourth-order valence-electron chi connectivity index (χ4n) is 6.22. The van der Waals surface area contributed by atoms with Crippen molar-refractivity contribution >= 4 is 33.1 Å². The molecule has 3 aromatic carbocycles. The van der Waals surface area contributed by atoms with Crippen LogP contribution in [-0.2, 0) is 18.5 Å². The molecule has 0 bridgehead atoms. The van der Waals surface area contributed by atoms with Crippen molar-refractivity contribution in [2.75, 3.05) is 0 Å². The van der Waals surface area contributed by atoms with Crippen LogP contribution in [0.15, 0.2) is 95.1 Å². The number of allylic oxidation sites excluding steroid dienone is 4. The Morgan fingerprint density at radius 1 is 0.476 bits per heavy atom. The van der Waals surface area contributed by atoms with Crippen LogP contribution in [-0.4, -0.2) is 5.16 Å². The van der Waals surface area contributed by atoms with Gasteiger partial charge in [-0.15, -0.1) is 0 Å². The predicted octanol–water partition coefficient (Wildman–Crippen LogP) is 10.2. The van der Waals surface area contributed by atoms with Crippen LogP contribution >= 0.6 is 17.2 Å². The molecule has 0 fully saturated rings. The van der Waals surface area contributed by atoms with Gasteiger partial charge in [0.05, 0.1) is 0 Å². The van der Waals surface area contributed by atoms with Gasteiger partial charge in [-0.05, 0) is 0 Å². The van der Waals surface area contributed by atoms with Crippen molar-refractivity contribution in [1.82, 2.24) is 0 Å². The van der Waals surface area contributed by atoms with E-state index in [1.54, 1.807) is 20.8 Å². The van der Waals surface area contributed by atoms with Crippen molar-refractivity contribution in [3.8, 4) is 0 Å². The first-order valence-corrected chi connectivity index (χ1v) is 15.9. The summed E-state index contributed by atoms with van der Waals surface area (Å²) >= 11 is 8.16. The van der Waals surface area contributed by atoms with Gasteiger partial charge < -0.3 is 0 Å². The van der Waals surface area contributed by atoms with Crippen LogP contribution in [0.3, 0.4) is 0 Å². The normalized spacial score (nSPS) is 17.5. The van der Waals surface area contributed by atoms with E-state index in [0.29, 0.717) is 11.1 Å². The van der Waals surface area contributed by atoms with Crippen LogP contribution in [0.25, 0.3) is 0 Å². The van der Waals surface area contributed by atoms with Crippen molar-refractivity contribution in [1.29, 1.82) is 0 Å². The maximum atomic E-state index is 13.6. The van der Waals surface area contributed by atoms with E-state index < -0.39 is 46.3 Å². The Labute approximate surface area is 242 Å². The Morgan fingerprint density at radius 2 is 0.690 bits per heavy atom. The Kier molecular flexibility index (Phi) is 7.56. The van der Waals surface area contributed by atoms with Crippen LogP contribution in [0.2, 0.25) is 0 Å². The van der Waals surface area contributed by atoms with Gasteiger partial charge in [0.1, 0.15) is 0 Å². The number of hydrogen-bond acceptors (Lipinski definition) is 0. The summed E-state index contributed by atoms with van der Waals surface area (Å²) in [6.45, 7) is 9.03. The molecule has 0 radical (unpaired) electrons. The van der Waals surface area contributed by atoms with Gasteiger partial charge in [0, 0.05) is 0 Å². The van der Waals surface area contributed by atoms with E-state index >= 15 is 0 Å². The van der Waals surface area contributed by atoms with Crippen LogP contribution in [0.5, 0.6) is 0 Å². The third-order valence-electron chi connectivity index (χ3n) is 9.03. The topological polar surface area (TPSA) is 0 Å². The first-order valence-electron chi connectivity index (χ1n) is 12.7. The van der Waals surface area contributed by atoms with Gasteiger partial charge in [0.25, 0.3) is 0 Å². The summed E-state index contributed by atoms with van der Waals surface area (Å²) in [6.07, 6.45) is -14.1. The zero-order chi connectivity index (χ0) is 31.7. The van der Waals surface area contributed by atoms with Crippen LogP contribution in [0.1, 0.15) is 51.3 Å². The molecule has 4 rings (SSSR count). The average molecular weight is 637 g/mol. The molecule has 0 atom stereocenters. The molecule has 1 aliphatic carbocycles. The van der Waals surface area contributed by atoms with Gasteiger partial charge >= 0.3 is 243 Å². The molecule has 0 saturated heterocycles. The average Bonchev–Trinajstić information content (AvgIpc) is 3.07. The van der Waals surface area contributed by atoms with Crippen molar-refractivity contribution in [2.45, 2.75) is 58.3 Å². The minimum atomic E-state index is -4.86. The summed E-state index contributed by atoms with van der Waals surface area (Å²) in [5.41, 5.74) is 0.157. The third kappa shape index (κ3) is 4.41. The molecule has 11 heteroatoms. The number of alkyl halides is 9. The van der Waals surface area contributed by atoms with Crippen LogP contribution in [0, 0.1) is 0 Å². The molecule has 1 aliphatic rings. The third-order valence-corrected chi connectivity index (χ3v) is 18.0. The molecule has 3 aromatic rings. The van der Waals surface area contributed by atoms with Crippen molar-refractivity contribution in [2.24, 2.45) is 0 Å². The summed E-state index contributed by atoms with van der Waals surface area (Å²) in [7, 11) is 0. The zero-order valence-electron chi connectivity index (χ0n) is 23.2. The van der Waals surface area contributed by atoms with Crippen LogP contribution in [0.4, 0.5) is 39.5 Å². The molecule has 0 heterocycles. The molecule has 0 amide bonds. The van der Waals surface area contributed by atoms with E-state index in [1.807, 2.05) is 13.8 Å². The van der Waals surface area contributed by atoms with Crippen molar-refractivity contribution in [3.05, 3.63) is 112 Å². The summed E-state index contributed by atoms with van der Waals surface area (Å²) in [4.78, 5) is 0. The Bertz CT molecular complexity index is 1410. The van der Waals surface area contributed by atoms with Gasteiger partial charge in [-0.2, -0.15) is 0 Å². The summed E-state index contributed by atoms with van der Waals surface area (Å²) < 4.78 is 123. The molecule has 42 heavy (non-hydrogen) atoms. The first kappa shape index (κ1) is 32.2. The van der Waals surface area contributed by atoms with E-state index in [4.69, 9.17) is 11.2 Å². The second kappa shape index (κ2) is 9.88. The van der Waals surface area contributed by atoms with Gasteiger partial charge in [-0.3, -0.25) is 0 Å². The second-order valence-corrected chi connectivity index (χ2v) is 17.2. The predicted molar refractivity (Wildman–Crippen MR) is 151 cm³/mol. The Morgan fingerprint density at radius 3 is 0.881 bits per heavy atom. The van der Waals surface area contributed by atoms with E-state index in [9.17, 15) is 39.5 Å². The Hall–Kier alpha value is -2.77. The fourth-order valence-corrected chi connectivity index (χ4v) is 14.2. The van der Waals surface area contributed by atoms with Crippen molar-refractivity contribution in [3.63, 3.8) is 0 Å². The molecular weight excluding hydrogens is 610 g/mol. The molecular formula is C31H27ClF9P. The van der Waals surface area contributed by atoms with E-state index in [0.717, 1.165) is 47.5 Å². The monoisotopic (exact) mass is 636 g/mol. The van der Waals surface area contributed by atoms with Gasteiger partial charge in [0.2, 0.25) is 0 Å². The van der Waals surface area contributed by atoms with Gasteiger partial charge in [0.15, 0.2) is 0 Å². The van der Waals surface area contributed by atoms with Crippen molar-refractivity contribution < 1.29 is 39.5 Å². The van der Waals surface area contributed by atoms with E-state index in [2.05, 4.69) is 0 Å². The second-order valence-electron chi connectivity index (χ2n) is 10.7. The molecule has 0 spiro atoms. The molecule has 0 aliphatic heterocycles. The fraction of sp³-hybridized carbons (Fsp3) is 0.290. The first-order chi connectivity index (χ1) is 19.1. The number of hydrogen-bond donors (Lipinski definition) is 0. The summed E-state index contributed by atoms with van der Waals surface area (Å²) in [5.74, 6) is -4.86. The van der Waals surface area contributed by atoms with Gasteiger partial charge in [-0.1, -0.05) is 0 Å². The minimum absolute atomic E-state index is 0.166. The zero-order valence-corrected chi connectivity index (χ0v) is 24.8. The number of rotatable bonds is 4. The quantitative estimate of drug-likeness (QED) is 0.198. The molecule has 0 saturated carbocycles. The van der Waals surface area contributed by atoms with E-state index in [1.165, 1.54) is 36.4 Å². The molecule has 0 N–H and O–H groups in total. The SMILES string of the molecule is CC1=C(C)C(C)(P(Cl)(c2ccc(C(F)(F)F)cc2)(c2ccc(C(F)(F)F)cc2)c2ccc(C(F)(F)F)cc2)C(C)=C1C. The standard InChI is InChI=1S/C31H27ClF9P/c1-18-19(2)21(4)28(5,20(18)3)42(32,25-12-6-22(7-13-25)29(33,34)35,26-14-8-23(9-15-26)30(36,37)38)27-16-10-24(11-17-27)31(39,40)41/h6-17H,1-5H3. The number of benzene rings is 3. The maximum absolute atomic E-state index is 13.6. The van der Waals surface area contributed by atoms with Gasteiger partial charge in [-0.25, -0.2) is 0 Å². The van der Waals surface area contributed by atoms with E-state index in [-0.39, 0.29) is 15.9 Å². The Balaban J connectivity index is 2.26. The molecule has 0 nitrogen and oxygen atoms in total. The summed E-state index contributed by atoms with van der Waals surface area (Å²) in [5, 5.41) is -0.753. The molecule has 0 unspecified atom stereocenters. The molecule has 226 valence electrons. The summed E-state index contributed by atoms with van der Waals surface area (Å²) in [6, 6.07) is 12.2. The number of halogens is 10. The van der Waals surface area contributed by atoms with Crippen LogP contribution < -0.4 is 15.9 Å². The molecule has 0 aromatic heterocycles.